The van der Waals surface area contributed by atoms with Gasteiger partial charge in [0.1, 0.15) is 5.82 Å². The zero-order valence-corrected chi connectivity index (χ0v) is 11.2. The van der Waals surface area contributed by atoms with Gasteiger partial charge in [-0.05, 0) is 46.8 Å². The van der Waals surface area contributed by atoms with Crippen LogP contribution in [0.25, 0.3) is 0 Å². The number of nitrogens with two attached hydrogens (primary N) is 1. The van der Waals surface area contributed by atoms with Crippen LogP contribution in [-0.2, 0) is 0 Å². The Morgan fingerprint density at radius 1 is 1.53 bits per heavy atom. The molecule has 1 rings (SSSR count). The van der Waals surface area contributed by atoms with Crippen molar-refractivity contribution in [1.29, 1.82) is 0 Å². The van der Waals surface area contributed by atoms with Gasteiger partial charge >= 0.3 is 0 Å². The Balaban J connectivity index is 2.31. The van der Waals surface area contributed by atoms with Crippen LogP contribution in [0, 0.1) is 0 Å². The maximum Gasteiger partial charge on any atom is 0.140 e. The van der Waals surface area contributed by atoms with Crippen molar-refractivity contribution in [2.75, 3.05) is 29.6 Å². The average molecular weight is 290 g/mol. The summed E-state index contributed by atoms with van der Waals surface area (Å²) in [5.74, 6) is 2.09. The molecule has 0 aliphatic heterocycles. The summed E-state index contributed by atoms with van der Waals surface area (Å²) < 4.78 is 0.923. The van der Waals surface area contributed by atoms with Crippen LogP contribution in [-0.4, -0.2) is 23.5 Å². The fourth-order valence-electron chi connectivity index (χ4n) is 1.16. The number of nitrogen functional groups attached to an aromatic ring is 1. The minimum absolute atomic E-state index is 0.676. The Morgan fingerprint density at radius 3 is 3.00 bits per heavy atom. The van der Waals surface area contributed by atoms with Crippen LogP contribution in [0.1, 0.15) is 12.8 Å². The molecule has 0 amide bonds. The molecule has 3 nitrogen and oxygen atoms in total. The van der Waals surface area contributed by atoms with Gasteiger partial charge in [0.05, 0.1) is 16.4 Å². The molecule has 3 N–H and O–H groups in total. The van der Waals surface area contributed by atoms with Crippen LogP contribution in [0.3, 0.4) is 0 Å². The van der Waals surface area contributed by atoms with Crippen LogP contribution < -0.4 is 11.1 Å². The molecule has 0 aliphatic rings. The summed E-state index contributed by atoms with van der Waals surface area (Å²) in [5.41, 5.74) is 6.27. The van der Waals surface area contributed by atoms with Crippen LogP contribution in [0.5, 0.6) is 0 Å². The Bertz CT molecular complexity index is 307. The van der Waals surface area contributed by atoms with Gasteiger partial charge in [-0.25, -0.2) is 4.98 Å². The molecule has 0 saturated heterocycles. The van der Waals surface area contributed by atoms with E-state index >= 15 is 0 Å². The second kappa shape index (κ2) is 6.95. The lowest BCUT2D eigenvalue weighted by Gasteiger charge is -2.07. The first kappa shape index (κ1) is 12.6. The maximum atomic E-state index is 5.60. The van der Waals surface area contributed by atoms with Gasteiger partial charge in [-0.1, -0.05) is 0 Å². The van der Waals surface area contributed by atoms with Gasteiger partial charge in [-0.15, -0.1) is 0 Å². The van der Waals surface area contributed by atoms with E-state index in [1.807, 2.05) is 17.8 Å². The van der Waals surface area contributed by atoms with Crippen molar-refractivity contribution < 1.29 is 0 Å². The van der Waals surface area contributed by atoms with Gasteiger partial charge in [-0.3, -0.25) is 0 Å². The number of aromatic nitrogens is 1. The van der Waals surface area contributed by atoms with Gasteiger partial charge in [0.2, 0.25) is 0 Å². The number of nitrogens with zero attached hydrogens (tertiary/aromatic N) is 1. The van der Waals surface area contributed by atoms with Crippen molar-refractivity contribution in [3.8, 4) is 0 Å². The molecule has 0 aliphatic carbocycles. The average Bonchev–Trinajstić information content (AvgIpc) is 2.20. The van der Waals surface area contributed by atoms with Crippen molar-refractivity contribution in [1.82, 2.24) is 4.98 Å². The highest BCUT2D eigenvalue weighted by molar-refractivity contribution is 9.10. The van der Waals surface area contributed by atoms with Crippen LogP contribution in [0.2, 0.25) is 0 Å². The molecule has 1 heterocycles. The predicted molar refractivity (Wildman–Crippen MR) is 72.5 cm³/mol. The Morgan fingerprint density at radius 2 is 2.33 bits per heavy atom. The monoisotopic (exact) mass is 289 g/mol. The van der Waals surface area contributed by atoms with E-state index in [1.165, 1.54) is 18.6 Å². The van der Waals surface area contributed by atoms with Crippen molar-refractivity contribution in [3.05, 3.63) is 16.7 Å². The Hall–Kier alpha value is -0.420. The summed E-state index contributed by atoms with van der Waals surface area (Å²) in [7, 11) is 0. The molecule has 0 saturated carbocycles. The third kappa shape index (κ3) is 4.75. The number of nitrogens with one attached hydrogen (secondary N) is 1. The highest BCUT2D eigenvalue weighted by Gasteiger charge is 2.00. The number of pyridine rings is 1. The smallest absolute Gasteiger partial charge is 0.140 e. The highest BCUT2D eigenvalue weighted by atomic mass is 79.9. The first-order valence-electron chi connectivity index (χ1n) is 4.88. The topological polar surface area (TPSA) is 50.9 Å². The van der Waals surface area contributed by atoms with Gasteiger partial charge in [0.15, 0.2) is 0 Å². The normalized spacial score (nSPS) is 10.3. The van der Waals surface area contributed by atoms with Crippen LogP contribution in [0.4, 0.5) is 11.5 Å². The first-order chi connectivity index (χ1) is 7.24. The molecule has 0 bridgehead atoms. The summed E-state index contributed by atoms with van der Waals surface area (Å²) >= 11 is 5.30. The number of rotatable bonds is 6. The zero-order valence-electron chi connectivity index (χ0n) is 8.79. The molecule has 5 heteroatoms. The second-order valence-corrected chi connectivity index (χ2v) is 5.07. The minimum atomic E-state index is 0.676. The minimum Gasteiger partial charge on any atom is -0.397 e. The summed E-state index contributed by atoms with van der Waals surface area (Å²) in [5, 5.41) is 3.28. The fraction of sp³-hybridized carbons (Fsp3) is 0.500. The fourth-order valence-corrected chi connectivity index (χ4v) is 2.16. The number of thioether (sulfide) groups is 1. The zero-order chi connectivity index (χ0) is 11.1. The second-order valence-electron chi connectivity index (χ2n) is 3.23. The van der Waals surface area contributed by atoms with Gasteiger partial charge in [0, 0.05) is 6.54 Å². The highest BCUT2D eigenvalue weighted by Crippen LogP contribution is 2.21. The first-order valence-corrected chi connectivity index (χ1v) is 7.06. The molecule has 1 aromatic heterocycles. The SMILES string of the molecule is CSCCCCNc1ncc(N)cc1Br. The number of hydrogen-bond acceptors (Lipinski definition) is 4. The molecular formula is C10H16BrN3S. The number of anilines is 2. The van der Waals surface area contributed by atoms with Gasteiger partial charge in [0.25, 0.3) is 0 Å². The van der Waals surface area contributed by atoms with E-state index in [1.54, 1.807) is 6.20 Å². The molecule has 15 heavy (non-hydrogen) atoms. The van der Waals surface area contributed by atoms with E-state index in [9.17, 15) is 0 Å². The van der Waals surface area contributed by atoms with Crippen molar-refractivity contribution >= 4 is 39.2 Å². The molecule has 0 aromatic carbocycles. The van der Waals surface area contributed by atoms with E-state index in [0.29, 0.717) is 5.69 Å². The number of hydrogen-bond donors (Lipinski definition) is 2. The summed E-state index contributed by atoms with van der Waals surface area (Å²) in [4.78, 5) is 4.21. The molecule has 0 spiro atoms. The summed E-state index contributed by atoms with van der Waals surface area (Å²) in [6, 6.07) is 1.86. The number of unbranched alkanes of at least 4 members (excludes halogenated alkanes) is 1. The molecule has 0 unspecified atom stereocenters. The van der Waals surface area contributed by atoms with Crippen molar-refractivity contribution in [3.63, 3.8) is 0 Å². The van der Waals surface area contributed by atoms with Gasteiger partial charge in [-0.2, -0.15) is 11.8 Å². The van der Waals surface area contributed by atoms with E-state index in [4.69, 9.17) is 5.73 Å². The Kier molecular flexibility index (Phi) is 5.86. The van der Waals surface area contributed by atoms with E-state index in [-0.39, 0.29) is 0 Å². The molecule has 1 aromatic rings. The molecule has 0 radical (unpaired) electrons. The summed E-state index contributed by atoms with van der Waals surface area (Å²) in [6.07, 6.45) is 6.20. The van der Waals surface area contributed by atoms with Gasteiger partial charge < -0.3 is 11.1 Å². The van der Waals surface area contributed by atoms with E-state index in [2.05, 4.69) is 32.5 Å². The Labute approximate surface area is 103 Å². The molecular weight excluding hydrogens is 274 g/mol. The van der Waals surface area contributed by atoms with E-state index < -0.39 is 0 Å². The van der Waals surface area contributed by atoms with Crippen molar-refractivity contribution in [2.24, 2.45) is 0 Å². The van der Waals surface area contributed by atoms with E-state index in [0.717, 1.165) is 16.8 Å². The molecule has 0 atom stereocenters. The lowest BCUT2D eigenvalue weighted by atomic mass is 10.3. The van der Waals surface area contributed by atoms with Crippen molar-refractivity contribution in [2.45, 2.75) is 12.8 Å². The third-order valence-corrected chi connectivity index (χ3v) is 3.23. The number of halogens is 1. The third-order valence-electron chi connectivity index (χ3n) is 1.93. The lowest BCUT2D eigenvalue weighted by molar-refractivity contribution is 0.839. The predicted octanol–water partition coefficient (Wildman–Crippen LogP) is 2.98. The van der Waals surface area contributed by atoms with Crippen LogP contribution >= 0.6 is 27.7 Å². The maximum absolute atomic E-state index is 5.60. The standard InChI is InChI=1S/C10H16BrN3S/c1-15-5-3-2-4-13-10-9(11)6-8(12)7-14-10/h6-7H,2-5,12H2,1H3,(H,13,14). The quantitative estimate of drug-likeness (QED) is 0.791. The largest absolute Gasteiger partial charge is 0.397 e. The van der Waals surface area contributed by atoms with Crippen LogP contribution in [0.15, 0.2) is 16.7 Å². The molecule has 84 valence electrons. The summed E-state index contributed by atoms with van der Waals surface area (Å²) in [6.45, 7) is 0.954. The lowest BCUT2D eigenvalue weighted by Crippen LogP contribution is -2.04. The molecule has 0 fully saturated rings.